The van der Waals surface area contributed by atoms with Crippen molar-refractivity contribution in [2.45, 2.75) is 26.7 Å². The summed E-state index contributed by atoms with van der Waals surface area (Å²) in [4.78, 5) is 0. The molecule has 0 N–H and O–H groups in total. The van der Waals surface area contributed by atoms with E-state index in [4.69, 9.17) is 0 Å². The van der Waals surface area contributed by atoms with Gasteiger partial charge in [0.15, 0.2) is 0 Å². The number of rotatable bonds is 3. The maximum absolute atomic E-state index is 2.21. The van der Waals surface area contributed by atoms with Crippen LogP contribution in [0.5, 0.6) is 0 Å². The molecular formula is C16H20Cl3V-5. The van der Waals surface area contributed by atoms with Crippen LogP contribution in [0, 0.1) is 5.92 Å². The van der Waals surface area contributed by atoms with Gasteiger partial charge in [0, 0.05) is 18.6 Å². The molecular weight excluding hydrogens is 349 g/mol. The summed E-state index contributed by atoms with van der Waals surface area (Å²) in [6.07, 6.45) is 2.33. The normalized spacial score (nSPS) is 7.30. The smallest absolute Gasteiger partial charge is 0 e. The summed E-state index contributed by atoms with van der Waals surface area (Å²) in [7, 11) is 0. The van der Waals surface area contributed by atoms with Crippen LogP contribution in [0.2, 0.25) is 0 Å². The molecule has 115 valence electrons. The molecule has 0 fully saturated rings. The van der Waals surface area contributed by atoms with E-state index in [1.165, 1.54) is 18.4 Å². The van der Waals surface area contributed by atoms with Gasteiger partial charge in [0.25, 0.3) is 0 Å². The maximum Gasteiger partial charge on any atom is 0 e. The van der Waals surface area contributed by atoms with Crippen molar-refractivity contribution >= 4 is 0 Å². The molecule has 0 aromatic heterocycles. The summed E-state index contributed by atoms with van der Waals surface area (Å²) in [5.41, 5.74) is 1.40. The molecule has 2 aromatic rings. The molecule has 0 heterocycles. The quantitative estimate of drug-likeness (QED) is 0.482. The van der Waals surface area contributed by atoms with Gasteiger partial charge in [0.2, 0.25) is 0 Å². The van der Waals surface area contributed by atoms with Gasteiger partial charge in [-0.2, -0.15) is 41.8 Å². The average molecular weight is 370 g/mol. The fourth-order valence-corrected chi connectivity index (χ4v) is 1.65. The van der Waals surface area contributed by atoms with E-state index in [0.717, 1.165) is 0 Å². The summed E-state index contributed by atoms with van der Waals surface area (Å²) in [5, 5.41) is 0. The third-order valence-electron chi connectivity index (χ3n) is 2.59. The molecule has 0 saturated heterocycles. The Morgan fingerprint density at radius 3 is 1.55 bits per heavy atom. The van der Waals surface area contributed by atoms with E-state index in [1.54, 1.807) is 5.92 Å². The van der Waals surface area contributed by atoms with E-state index < -0.39 is 0 Å². The van der Waals surface area contributed by atoms with Crippen molar-refractivity contribution in [1.82, 2.24) is 0 Å². The van der Waals surface area contributed by atoms with E-state index in [2.05, 4.69) is 44.2 Å². The van der Waals surface area contributed by atoms with Gasteiger partial charge in [-0.25, -0.2) is 12.1 Å². The average Bonchev–Trinajstić information content (AvgIpc) is 2.91. The first kappa shape index (κ1) is 28.1. The Morgan fingerprint density at radius 2 is 1.25 bits per heavy atom. The van der Waals surface area contributed by atoms with Gasteiger partial charge < -0.3 is 37.2 Å². The maximum atomic E-state index is 2.21. The van der Waals surface area contributed by atoms with Crippen molar-refractivity contribution in [3.05, 3.63) is 72.1 Å². The number of hydrogen-bond acceptors (Lipinski definition) is 0. The molecule has 0 atom stereocenters. The largest absolute Gasteiger partial charge is 1.00 e. The van der Waals surface area contributed by atoms with Crippen molar-refractivity contribution in [3.63, 3.8) is 0 Å². The van der Waals surface area contributed by atoms with Crippen LogP contribution < -0.4 is 37.2 Å². The zero-order chi connectivity index (χ0) is 11.6. The number of hydrogen-bond donors (Lipinski definition) is 0. The van der Waals surface area contributed by atoms with Gasteiger partial charge >= 0.3 is 0 Å². The minimum absolute atomic E-state index is 0. The van der Waals surface area contributed by atoms with E-state index in [-0.39, 0.29) is 55.8 Å². The summed E-state index contributed by atoms with van der Waals surface area (Å²) >= 11 is 0. The number of benzene rings is 1. The molecule has 1 radical (unpaired) electrons. The summed E-state index contributed by atoms with van der Waals surface area (Å²) in [6.45, 7) is 4.43. The van der Waals surface area contributed by atoms with Gasteiger partial charge in [0.05, 0.1) is 0 Å². The molecule has 0 spiro atoms. The van der Waals surface area contributed by atoms with Crippen LogP contribution in [0.4, 0.5) is 0 Å². The van der Waals surface area contributed by atoms with Gasteiger partial charge in [0.1, 0.15) is 0 Å². The molecule has 0 aliphatic heterocycles. The molecule has 0 nitrogen and oxygen atoms in total. The zero-order valence-electron chi connectivity index (χ0n) is 11.8. The van der Waals surface area contributed by atoms with Gasteiger partial charge in [-0.15, -0.1) is 12.1 Å². The first-order valence-electron chi connectivity index (χ1n) is 5.95. The Kier molecular flexibility index (Phi) is 26.6. The van der Waals surface area contributed by atoms with Crippen LogP contribution >= 0.6 is 0 Å². The molecule has 0 bridgehead atoms. The minimum atomic E-state index is 0. The summed E-state index contributed by atoms with van der Waals surface area (Å²) in [6, 6.07) is 20.6. The van der Waals surface area contributed by atoms with Crippen molar-refractivity contribution in [3.8, 4) is 0 Å². The van der Waals surface area contributed by atoms with Crippen LogP contribution in [0.3, 0.4) is 0 Å². The van der Waals surface area contributed by atoms with Crippen molar-refractivity contribution in [2.24, 2.45) is 0 Å². The molecule has 20 heavy (non-hydrogen) atoms. The van der Waals surface area contributed by atoms with Gasteiger partial charge in [-0.05, 0) is 0 Å². The molecule has 0 saturated carbocycles. The van der Waals surface area contributed by atoms with Crippen molar-refractivity contribution in [1.29, 1.82) is 0 Å². The molecule has 0 unspecified atom stereocenters. The van der Waals surface area contributed by atoms with Crippen molar-refractivity contribution in [2.75, 3.05) is 0 Å². The first-order chi connectivity index (χ1) is 7.88. The molecule has 0 aliphatic carbocycles. The Bertz CT molecular complexity index is 328. The molecule has 2 rings (SSSR count). The van der Waals surface area contributed by atoms with Crippen LogP contribution in [0.1, 0.15) is 32.3 Å². The third kappa shape index (κ3) is 11.7. The molecule has 0 amide bonds. The Balaban J connectivity index is -0.000000124. The summed E-state index contributed by atoms with van der Waals surface area (Å²) < 4.78 is 0. The van der Waals surface area contributed by atoms with Gasteiger partial charge in [-0.3, -0.25) is 0 Å². The van der Waals surface area contributed by atoms with Crippen LogP contribution in [0.15, 0.2) is 60.7 Å². The second kappa shape index (κ2) is 18.9. The second-order valence-electron chi connectivity index (χ2n) is 3.64. The number of halogens is 3. The third-order valence-corrected chi connectivity index (χ3v) is 2.59. The Labute approximate surface area is 154 Å². The minimum Gasteiger partial charge on any atom is -1.00 e. The predicted octanol–water partition coefficient (Wildman–Crippen LogP) is -4.16. The predicted molar refractivity (Wildman–Crippen MR) is 71.4 cm³/mol. The second-order valence-corrected chi connectivity index (χ2v) is 3.64. The van der Waals surface area contributed by atoms with Crippen molar-refractivity contribution < 1.29 is 55.8 Å². The standard InChI is InChI=1S/C11H15.C5H5.3ClH.V/c1-3-10(4-2)11-8-6-5-7-9-11;1-2-4-5-3-1;;;;/h5-9H,3-4H2,1-2H3;1-5H;3*1H;/q2*-1;;;;/p-3. The summed E-state index contributed by atoms with van der Waals surface area (Å²) in [5.74, 6) is 1.55. The first-order valence-corrected chi connectivity index (χ1v) is 5.95. The van der Waals surface area contributed by atoms with Crippen LogP contribution in [0.25, 0.3) is 0 Å². The monoisotopic (exact) mass is 368 g/mol. The van der Waals surface area contributed by atoms with Crippen LogP contribution in [-0.2, 0) is 18.6 Å². The molecule has 2 aromatic carbocycles. The Hall–Kier alpha value is -0.106. The van der Waals surface area contributed by atoms with E-state index >= 15 is 0 Å². The molecule has 0 aliphatic rings. The topological polar surface area (TPSA) is 0 Å². The van der Waals surface area contributed by atoms with E-state index in [1.807, 2.05) is 30.3 Å². The van der Waals surface area contributed by atoms with E-state index in [9.17, 15) is 0 Å². The van der Waals surface area contributed by atoms with Crippen LogP contribution in [-0.4, -0.2) is 0 Å². The fraction of sp³-hybridized carbons (Fsp3) is 0.250. The van der Waals surface area contributed by atoms with E-state index in [0.29, 0.717) is 0 Å². The Morgan fingerprint density at radius 1 is 0.800 bits per heavy atom. The zero-order valence-corrected chi connectivity index (χ0v) is 15.4. The SMILES string of the molecule is CC[C-](CC)c1ccccc1.[Cl-].[Cl-].[Cl-].[V].c1cc[cH-]c1. The fourth-order valence-electron chi connectivity index (χ4n) is 1.65. The molecule has 4 heteroatoms. The van der Waals surface area contributed by atoms with Gasteiger partial charge in [-0.1, -0.05) is 32.8 Å².